The van der Waals surface area contributed by atoms with Gasteiger partial charge >= 0.3 is 6.03 Å². The molecule has 4 rings (SSSR count). The maximum absolute atomic E-state index is 11.6. The van der Waals surface area contributed by atoms with Crippen molar-refractivity contribution in [3.63, 3.8) is 0 Å². The quantitative estimate of drug-likeness (QED) is 0.687. The second-order valence-corrected chi connectivity index (χ2v) is 6.18. The predicted molar refractivity (Wildman–Crippen MR) is 96.9 cm³/mol. The summed E-state index contributed by atoms with van der Waals surface area (Å²) in [5, 5.41) is 7.49. The van der Waals surface area contributed by atoms with Crippen molar-refractivity contribution in [1.29, 1.82) is 0 Å². The Morgan fingerprint density at radius 3 is 2.58 bits per heavy atom. The molecule has 0 bridgehead atoms. The zero-order chi connectivity index (χ0) is 16.5. The molecule has 1 heterocycles. The molecule has 0 saturated heterocycles. The fourth-order valence-electron chi connectivity index (χ4n) is 2.96. The fraction of sp³-hybridized carbons (Fsp3) is 0.0500. The molecular formula is C20H14ClN2O. The van der Waals surface area contributed by atoms with E-state index in [1.807, 2.05) is 54.6 Å². The summed E-state index contributed by atoms with van der Waals surface area (Å²) in [7, 11) is 0. The summed E-state index contributed by atoms with van der Waals surface area (Å²) >= 11 is 6.16. The molecule has 0 aliphatic carbocycles. The Morgan fingerprint density at radius 2 is 1.79 bits per heavy atom. The van der Waals surface area contributed by atoms with E-state index in [9.17, 15) is 4.79 Å². The maximum atomic E-state index is 11.6. The van der Waals surface area contributed by atoms with Gasteiger partial charge in [0, 0.05) is 5.02 Å². The van der Waals surface area contributed by atoms with Crippen LogP contribution in [0.2, 0.25) is 5.02 Å². The summed E-state index contributed by atoms with van der Waals surface area (Å²) in [6.45, 7) is 0. The van der Waals surface area contributed by atoms with E-state index in [1.54, 1.807) is 0 Å². The average molecular weight is 334 g/mol. The molecule has 24 heavy (non-hydrogen) atoms. The molecule has 0 saturated carbocycles. The van der Waals surface area contributed by atoms with Crippen LogP contribution in [0.4, 0.5) is 16.2 Å². The van der Waals surface area contributed by atoms with Gasteiger partial charge in [-0.25, -0.2) is 4.79 Å². The van der Waals surface area contributed by atoms with Crippen molar-refractivity contribution in [2.45, 2.75) is 6.42 Å². The molecule has 1 aliphatic rings. The van der Waals surface area contributed by atoms with E-state index in [2.05, 4.69) is 22.8 Å². The molecule has 3 aromatic rings. The first-order valence-electron chi connectivity index (χ1n) is 7.68. The van der Waals surface area contributed by atoms with Gasteiger partial charge in [0.05, 0.1) is 11.4 Å². The minimum absolute atomic E-state index is 0.320. The van der Waals surface area contributed by atoms with Crippen LogP contribution in [-0.2, 0) is 6.42 Å². The molecule has 0 atom stereocenters. The highest BCUT2D eigenvalue weighted by molar-refractivity contribution is 6.30. The van der Waals surface area contributed by atoms with E-state index in [0.717, 1.165) is 28.8 Å². The lowest BCUT2D eigenvalue weighted by Crippen LogP contribution is -2.08. The molecular weight excluding hydrogens is 320 g/mol. The van der Waals surface area contributed by atoms with Gasteiger partial charge in [-0.15, -0.1) is 0 Å². The van der Waals surface area contributed by atoms with Gasteiger partial charge in [0.15, 0.2) is 0 Å². The molecule has 1 radical (unpaired) electrons. The highest BCUT2D eigenvalue weighted by Crippen LogP contribution is 2.37. The van der Waals surface area contributed by atoms with Crippen molar-refractivity contribution < 1.29 is 4.79 Å². The molecule has 0 aromatic heterocycles. The first kappa shape index (κ1) is 14.8. The largest absolute Gasteiger partial charge is 0.346 e. The Hall–Kier alpha value is -2.78. The van der Waals surface area contributed by atoms with Gasteiger partial charge in [-0.3, -0.25) is 0 Å². The lowest BCUT2D eigenvalue weighted by molar-refractivity contribution is 0.256. The van der Waals surface area contributed by atoms with E-state index >= 15 is 0 Å². The van der Waals surface area contributed by atoms with Crippen LogP contribution in [0, 0.1) is 0 Å². The summed E-state index contributed by atoms with van der Waals surface area (Å²) in [4.78, 5) is 11.6. The molecule has 2 amide bonds. The van der Waals surface area contributed by atoms with Gasteiger partial charge in [-0.2, -0.15) is 5.32 Å². The number of nitrogens with zero attached hydrogens (tertiary/aromatic N) is 1. The second-order valence-electron chi connectivity index (χ2n) is 5.74. The van der Waals surface area contributed by atoms with Crippen LogP contribution in [0.15, 0.2) is 66.7 Å². The Bertz CT molecular complexity index is 922. The van der Waals surface area contributed by atoms with Gasteiger partial charge in [0.1, 0.15) is 0 Å². The van der Waals surface area contributed by atoms with Crippen molar-refractivity contribution in [1.82, 2.24) is 5.32 Å². The first-order chi connectivity index (χ1) is 11.7. The van der Waals surface area contributed by atoms with Crippen molar-refractivity contribution in [3.8, 4) is 11.1 Å². The summed E-state index contributed by atoms with van der Waals surface area (Å²) in [5.74, 6) is 0. The van der Waals surface area contributed by atoms with Crippen molar-refractivity contribution >= 4 is 29.0 Å². The Kier molecular flexibility index (Phi) is 3.71. The molecule has 1 aliphatic heterocycles. The van der Waals surface area contributed by atoms with Crippen LogP contribution in [0.3, 0.4) is 0 Å². The number of hydrogen-bond donors (Lipinski definition) is 1. The molecule has 4 heteroatoms. The summed E-state index contributed by atoms with van der Waals surface area (Å²) in [5.41, 5.74) is 5.83. The summed E-state index contributed by atoms with van der Waals surface area (Å²) < 4.78 is 0. The minimum Gasteiger partial charge on any atom is -0.304 e. The Labute approximate surface area is 145 Å². The zero-order valence-electron chi connectivity index (χ0n) is 12.8. The molecule has 0 fully saturated rings. The number of rotatable bonds is 3. The maximum Gasteiger partial charge on any atom is 0.346 e. The highest BCUT2D eigenvalue weighted by Gasteiger charge is 2.21. The highest BCUT2D eigenvalue weighted by atomic mass is 35.5. The number of amides is 2. The van der Waals surface area contributed by atoms with E-state index in [-0.39, 0.29) is 6.03 Å². The zero-order valence-corrected chi connectivity index (χ0v) is 13.5. The number of nitrogens with one attached hydrogen (secondary N) is 1. The van der Waals surface area contributed by atoms with E-state index in [0.29, 0.717) is 10.7 Å². The number of anilines is 1. The third kappa shape index (κ3) is 2.86. The smallest absolute Gasteiger partial charge is 0.304 e. The first-order valence-corrected chi connectivity index (χ1v) is 8.06. The second kappa shape index (κ2) is 6.02. The van der Waals surface area contributed by atoms with E-state index in [4.69, 9.17) is 11.6 Å². The standard InChI is InChI=1S/C20H14ClN2O/c21-16-8-4-7-14(10-16)17-12-19-18(22-20(24)23-19)11-15(17)9-13-5-2-1-3-6-13/h1-8,10-12H,9H2,(H,23,24). The minimum atomic E-state index is -0.320. The third-order valence-electron chi connectivity index (χ3n) is 4.06. The van der Waals surface area contributed by atoms with Gasteiger partial charge in [-0.05, 0) is 52.9 Å². The number of halogens is 1. The number of benzene rings is 3. The van der Waals surface area contributed by atoms with Crippen molar-refractivity contribution in [2.75, 3.05) is 5.32 Å². The number of urea groups is 1. The van der Waals surface area contributed by atoms with E-state index < -0.39 is 0 Å². The number of hydrogen-bond acceptors (Lipinski definition) is 1. The third-order valence-corrected chi connectivity index (χ3v) is 4.29. The molecule has 3 aromatic carbocycles. The normalized spacial score (nSPS) is 12.5. The fourth-order valence-corrected chi connectivity index (χ4v) is 3.15. The molecule has 3 nitrogen and oxygen atoms in total. The van der Waals surface area contributed by atoms with Crippen molar-refractivity contribution in [3.05, 3.63) is 82.9 Å². The van der Waals surface area contributed by atoms with Crippen LogP contribution in [0.1, 0.15) is 11.1 Å². The van der Waals surface area contributed by atoms with Gasteiger partial charge in [-0.1, -0.05) is 54.1 Å². The number of carbonyl (C=O) groups is 1. The topological polar surface area (TPSA) is 43.2 Å². The molecule has 117 valence electrons. The lowest BCUT2D eigenvalue weighted by atomic mass is 9.93. The monoisotopic (exact) mass is 333 g/mol. The lowest BCUT2D eigenvalue weighted by Gasteiger charge is -2.13. The summed E-state index contributed by atoms with van der Waals surface area (Å²) in [6, 6.07) is 21.6. The van der Waals surface area contributed by atoms with Crippen LogP contribution in [-0.4, -0.2) is 6.03 Å². The van der Waals surface area contributed by atoms with Crippen LogP contribution < -0.4 is 10.6 Å². The van der Waals surface area contributed by atoms with Gasteiger partial charge < -0.3 is 5.32 Å². The van der Waals surface area contributed by atoms with Gasteiger partial charge in [0.25, 0.3) is 0 Å². The average Bonchev–Trinajstić information content (AvgIpc) is 2.94. The Morgan fingerprint density at radius 1 is 0.958 bits per heavy atom. The van der Waals surface area contributed by atoms with Crippen LogP contribution >= 0.6 is 11.6 Å². The van der Waals surface area contributed by atoms with Crippen molar-refractivity contribution in [2.24, 2.45) is 0 Å². The number of carbonyl (C=O) groups excluding carboxylic acids is 1. The van der Waals surface area contributed by atoms with Crippen LogP contribution in [0.25, 0.3) is 11.1 Å². The molecule has 0 spiro atoms. The Balaban J connectivity index is 1.84. The molecule has 0 unspecified atom stereocenters. The predicted octanol–water partition coefficient (Wildman–Crippen LogP) is 5.38. The van der Waals surface area contributed by atoms with Gasteiger partial charge in [0.2, 0.25) is 0 Å². The van der Waals surface area contributed by atoms with E-state index in [1.165, 1.54) is 5.56 Å². The number of fused-ring (bicyclic) bond motifs is 1. The van der Waals surface area contributed by atoms with Crippen LogP contribution in [0.5, 0.6) is 0 Å². The SMILES string of the molecule is O=C1[N]c2cc(Cc3ccccc3)c(-c3cccc(Cl)c3)cc2N1. The molecule has 1 N–H and O–H groups in total. The summed E-state index contributed by atoms with van der Waals surface area (Å²) in [6.07, 6.45) is 0.764.